The summed E-state index contributed by atoms with van der Waals surface area (Å²) in [6.07, 6.45) is 0. The molecule has 4 rings (SSSR count). The van der Waals surface area contributed by atoms with E-state index in [1.165, 1.54) is 11.3 Å². The van der Waals surface area contributed by atoms with Gasteiger partial charge in [0.05, 0.1) is 15.9 Å². The predicted octanol–water partition coefficient (Wildman–Crippen LogP) is 3.07. The summed E-state index contributed by atoms with van der Waals surface area (Å²) in [5.41, 5.74) is 2.03. The van der Waals surface area contributed by atoms with Gasteiger partial charge >= 0.3 is 0 Å². The summed E-state index contributed by atoms with van der Waals surface area (Å²) in [6, 6.07) is 12.5. The molecule has 3 N–H and O–H groups in total. The summed E-state index contributed by atoms with van der Waals surface area (Å²) in [5, 5.41) is 9.36. The molecule has 1 aliphatic heterocycles. The van der Waals surface area contributed by atoms with Crippen LogP contribution < -0.4 is 20.7 Å². The van der Waals surface area contributed by atoms with Crippen molar-refractivity contribution in [2.75, 3.05) is 22.6 Å². The molecule has 1 atom stereocenters. The van der Waals surface area contributed by atoms with Crippen molar-refractivity contribution in [1.82, 2.24) is 4.98 Å². The van der Waals surface area contributed by atoms with Gasteiger partial charge in [-0.15, -0.1) is 0 Å². The fraction of sp³-hybridized carbons (Fsp3) is 0.167. The Hall–Kier alpha value is -3.13. The first kappa shape index (κ1) is 16.3. The topological polar surface area (TPSA) is 92.4 Å². The highest BCUT2D eigenvalue weighted by atomic mass is 32.1. The SMILES string of the molecule is CC(Nc1nc2ccccc2s1)C(=O)Nc1ccc2c(c1)NC(=O)CO2. The summed E-state index contributed by atoms with van der Waals surface area (Å²) < 4.78 is 6.37. The summed E-state index contributed by atoms with van der Waals surface area (Å²) in [4.78, 5) is 28.3. The van der Waals surface area contributed by atoms with Crippen molar-refractivity contribution in [2.24, 2.45) is 0 Å². The van der Waals surface area contributed by atoms with Crippen LogP contribution in [0.15, 0.2) is 42.5 Å². The van der Waals surface area contributed by atoms with Gasteiger partial charge in [-0.1, -0.05) is 23.5 Å². The number of thiazole rings is 1. The Labute approximate surface area is 153 Å². The summed E-state index contributed by atoms with van der Waals surface area (Å²) >= 11 is 1.50. The van der Waals surface area contributed by atoms with E-state index in [1.54, 1.807) is 25.1 Å². The first-order valence-electron chi connectivity index (χ1n) is 8.08. The summed E-state index contributed by atoms with van der Waals surface area (Å²) in [6.45, 7) is 1.77. The predicted molar refractivity (Wildman–Crippen MR) is 102 cm³/mol. The maximum absolute atomic E-state index is 12.4. The quantitative estimate of drug-likeness (QED) is 0.658. The zero-order chi connectivity index (χ0) is 18.1. The monoisotopic (exact) mass is 368 g/mol. The number of hydrogen-bond donors (Lipinski definition) is 3. The van der Waals surface area contributed by atoms with Gasteiger partial charge in [0.1, 0.15) is 11.8 Å². The van der Waals surface area contributed by atoms with E-state index in [1.807, 2.05) is 24.3 Å². The van der Waals surface area contributed by atoms with E-state index >= 15 is 0 Å². The number of fused-ring (bicyclic) bond motifs is 2. The molecule has 8 heteroatoms. The molecule has 0 saturated carbocycles. The van der Waals surface area contributed by atoms with Crippen molar-refractivity contribution >= 4 is 49.9 Å². The smallest absolute Gasteiger partial charge is 0.262 e. The Morgan fingerprint density at radius 1 is 1.31 bits per heavy atom. The lowest BCUT2D eigenvalue weighted by Crippen LogP contribution is -2.32. The van der Waals surface area contributed by atoms with Crippen LogP contribution in [0.5, 0.6) is 5.75 Å². The van der Waals surface area contributed by atoms with Gasteiger partial charge in [-0.3, -0.25) is 9.59 Å². The number of nitrogens with zero attached hydrogens (tertiary/aromatic N) is 1. The van der Waals surface area contributed by atoms with Gasteiger partial charge in [-0.25, -0.2) is 4.98 Å². The highest BCUT2D eigenvalue weighted by Crippen LogP contribution is 2.30. The van der Waals surface area contributed by atoms with E-state index < -0.39 is 6.04 Å². The van der Waals surface area contributed by atoms with Crippen LogP contribution in [0.2, 0.25) is 0 Å². The number of benzene rings is 2. The second-order valence-electron chi connectivity index (χ2n) is 5.89. The third-order valence-electron chi connectivity index (χ3n) is 3.91. The van der Waals surface area contributed by atoms with Crippen molar-refractivity contribution in [1.29, 1.82) is 0 Å². The van der Waals surface area contributed by atoms with E-state index in [-0.39, 0.29) is 18.4 Å². The Morgan fingerprint density at radius 3 is 3.00 bits per heavy atom. The lowest BCUT2D eigenvalue weighted by atomic mass is 10.2. The second-order valence-corrected chi connectivity index (χ2v) is 6.92. The lowest BCUT2D eigenvalue weighted by molar-refractivity contribution is -0.118. The zero-order valence-electron chi connectivity index (χ0n) is 13.9. The molecule has 0 saturated heterocycles. The standard InChI is InChI=1S/C18H16N4O3S/c1-10(19-18-22-12-4-2-3-5-15(12)26-18)17(24)20-11-6-7-14-13(8-11)21-16(23)9-25-14/h2-8,10H,9H2,1H3,(H,19,22)(H,20,24)(H,21,23). The first-order valence-corrected chi connectivity index (χ1v) is 8.90. The largest absolute Gasteiger partial charge is 0.482 e. The van der Waals surface area contributed by atoms with Gasteiger partial charge in [-0.2, -0.15) is 0 Å². The van der Waals surface area contributed by atoms with Crippen LogP contribution >= 0.6 is 11.3 Å². The number of rotatable bonds is 4. The molecule has 1 aliphatic rings. The molecule has 0 spiro atoms. The molecule has 1 unspecified atom stereocenters. The summed E-state index contributed by atoms with van der Waals surface area (Å²) in [5.74, 6) is 0.169. The maximum atomic E-state index is 12.4. The van der Waals surface area contributed by atoms with Crippen LogP contribution in [-0.2, 0) is 9.59 Å². The molecular weight excluding hydrogens is 352 g/mol. The number of para-hydroxylation sites is 1. The van der Waals surface area contributed by atoms with Crippen molar-refractivity contribution in [3.63, 3.8) is 0 Å². The zero-order valence-corrected chi connectivity index (χ0v) is 14.7. The average Bonchev–Trinajstić information content (AvgIpc) is 3.03. The van der Waals surface area contributed by atoms with Crippen LogP contribution in [0.1, 0.15) is 6.92 Å². The fourth-order valence-electron chi connectivity index (χ4n) is 2.60. The minimum absolute atomic E-state index is 0.00181. The highest BCUT2D eigenvalue weighted by Gasteiger charge is 2.18. The number of nitrogens with one attached hydrogen (secondary N) is 3. The molecule has 3 aromatic rings. The first-order chi connectivity index (χ1) is 12.6. The van der Waals surface area contributed by atoms with Crippen LogP contribution in [-0.4, -0.2) is 29.4 Å². The van der Waals surface area contributed by atoms with E-state index in [0.29, 0.717) is 22.3 Å². The van der Waals surface area contributed by atoms with Crippen LogP contribution in [0.3, 0.4) is 0 Å². The minimum atomic E-state index is -0.475. The highest BCUT2D eigenvalue weighted by molar-refractivity contribution is 7.22. The van der Waals surface area contributed by atoms with Crippen LogP contribution in [0, 0.1) is 0 Å². The third-order valence-corrected chi connectivity index (χ3v) is 4.87. The Morgan fingerprint density at radius 2 is 2.15 bits per heavy atom. The average molecular weight is 368 g/mol. The van der Waals surface area contributed by atoms with Crippen molar-refractivity contribution in [3.05, 3.63) is 42.5 Å². The molecule has 1 aromatic heterocycles. The molecule has 0 aliphatic carbocycles. The Balaban J connectivity index is 1.44. The molecule has 2 aromatic carbocycles. The molecule has 7 nitrogen and oxygen atoms in total. The third kappa shape index (κ3) is 3.31. The molecule has 132 valence electrons. The second kappa shape index (κ2) is 6.64. The van der Waals surface area contributed by atoms with Gasteiger partial charge in [0, 0.05) is 5.69 Å². The number of anilines is 3. The van der Waals surface area contributed by atoms with Crippen molar-refractivity contribution < 1.29 is 14.3 Å². The van der Waals surface area contributed by atoms with Gasteiger partial charge in [-0.05, 0) is 37.3 Å². The Kier molecular flexibility index (Phi) is 4.18. The normalized spacial score (nSPS) is 14.1. The number of aromatic nitrogens is 1. The van der Waals surface area contributed by atoms with E-state index in [2.05, 4.69) is 20.9 Å². The number of hydrogen-bond acceptors (Lipinski definition) is 6. The molecule has 2 heterocycles. The molecule has 0 bridgehead atoms. The van der Waals surface area contributed by atoms with Crippen LogP contribution in [0.25, 0.3) is 10.2 Å². The molecule has 26 heavy (non-hydrogen) atoms. The number of carbonyl (C=O) groups excluding carboxylic acids is 2. The van der Waals surface area contributed by atoms with E-state index in [0.717, 1.165) is 10.2 Å². The van der Waals surface area contributed by atoms with Crippen molar-refractivity contribution in [2.45, 2.75) is 13.0 Å². The van der Waals surface area contributed by atoms with Crippen molar-refractivity contribution in [3.8, 4) is 5.75 Å². The van der Waals surface area contributed by atoms with Crippen LogP contribution in [0.4, 0.5) is 16.5 Å². The number of ether oxygens (including phenoxy) is 1. The summed E-state index contributed by atoms with van der Waals surface area (Å²) in [7, 11) is 0. The Bertz CT molecular complexity index is 968. The number of amides is 2. The van der Waals surface area contributed by atoms with E-state index in [4.69, 9.17) is 4.74 Å². The maximum Gasteiger partial charge on any atom is 0.262 e. The fourth-order valence-corrected chi connectivity index (χ4v) is 3.55. The van der Waals surface area contributed by atoms with Gasteiger partial charge in [0.25, 0.3) is 5.91 Å². The molecule has 0 radical (unpaired) electrons. The lowest BCUT2D eigenvalue weighted by Gasteiger charge is -2.19. The van der Waals surface area contributed by atoms with Gasteiger partial charge in [0.15, 0.2) is 11.7 Å². The molecular formula is C18H16N4O3S. The molecule has 2 amide bonds. The number of carbonyl (C=O) groups is 2. The minimum Gasteiger partial charge on any atom is -0.482 e. The van der Waals surface area contributed by atoms with E-state index in [9.17, 15) is 9.59 Å². The van der Waals surface area contributed by atoms with Gasteiger partial charge in [0.2, 0.25) is 5.91 Å². The van der Waals surface area contributed by atoms with Gasteiger partial charge < -0.3 is 20.7 Å². The molecule has 0 fully saturated rings.